The molecule has 4 nitrogen and oxygen atoms in total. The zero-order chi connectivity index (χ0) is 21.3. The van der Waals surface area contributed by atoms with Crippen LogP contribution in [0.4, 0.5) is 0 Å². The number of halogens is 2. The molecule has 0 aliphatic carbocycles. The van der Waals surface area contributed by atoms with Crippen LogP contribution < -0.4 is 14.8 Å². The normalized spacial score (nSPS) is 11.9. The molecule has 3 aromatic rings. The Labute approximate surface area is 187 Å². The predicted octanol–water partition coefficient (Wildman–Crippen LogP) is 5.79. The highest BCUT2D eigenvalue weighted by atomic mass is 35.5. The average molecular weight is 446 g/mol. The van der Waals surface area contributed by atoms with Crippen LogP contribution in [0.15, 0.2) is 66.7 Å². The summed E-state index contributed by atoms with van der Waals surface area (Å²) in [7, 11) is 0. The van der Waals surface area contributed by atoms with Crippen LogP contribution in [-0.4, -0.2) is 18.3 Å². The Morgan fingerprint density at radius 2 is 1.73 bits per heavy atom. The molecule has 0 aliphatic heterocycles. The molecular formula is C24H25Cl2NO3. The van der Waals surface area contributed by atoms with Crippen molar-refractivity contribution >= 4 is 23.2 Å². The highest BCUT2D eigenvalue weighted by Crippen LogP contribution is 2.30. The van der Waals surface area contributed by atoms with Crippen LogP contribution >= 0.6 is 23.2 Å². The van der Waals surface area contributed by atoms with Gasteiger partial charge in [-0.15, -0.1) is 0 Å². The van der Waals surface area contributed by atoms with Crippen molar-refractivity contribution in [3.63, 3.8) is 0 Å². The van der Waals surface area contributed by atoms with Gasteiger partial charge in [0.05, 0.1) is 12.7 Å². The van der Waals surface area contributed by atoms with Crippen molar-refractivity contribution in [1.82, 2.24) is 5.32 Å². The van der Waals surface area contributed by atoms with Gasteiger partial charge in [0.1, 0.15) is 6.61 Å². The summed E-state index contributed by atoms with van der Waals surface area (Å²) in [6.45, 7) is 3.84. The molecule has 30 heavy (non-hydrogen) atoms. The van der Waals surface area contributed by atoms with E-state index in [1.165, 1.54) is 0 Å². The molecule has 0 spiro atoms. The molecule has 3 aromatic carbocycles. The van der Waals surface area contributed by atoms with Crippen LogP contribution in [0.1, 0.15) is 29.7 Å². The van der Waals surface area contributed by atoms with Crippen LogP contribution in [0.3, 0.4) is 0 Å². The molecule has 0 saturated heterocycles. The lowest BCUT2D eigenvalue weighted by Gasteiger charge is -2.15. The fourth-order valence-electron chi connectivity index (χ4n) is 2.99. The third-order valence-corrected chi connectivity index (χ3v) is 5.14. The monoisotopic (exact) mass is 445 g/mol. The molecule has 0 fully saturated rings. The highest BCUT2D eigenvalue weighted by Gasteiger charge is 2.10. The number of nitrogens with one attached hydrogen (secondary N) is 1. The van der Waals surface area contributed by atoms with E-state index in [0.29, 0.717) is 47.8 Å². The molecule has 0 amide bonds. The van der Waals surface area contributed by atoms with E-state index in [1.807, 2.05) is 61.5 Å². The Hall–Kier alpha value is -2.24. The minimum Gasteiger partial charge on any atom is -0.490 e. The number of benzene rings is 3. The first-order valence-electron chi connectivity index (χ1n) is 9.83. The fraction of sp³-hybridized carbons (Fsp3) is 0.250. The number of ether oxygens (including phenoxy) is 2. The van der Waals surface area contributed by atoms with Gasteiger partial charge in [0.25, 0.3) is 0 Å². The number of hydrogen-bond acceptors (Lipinski definition) is 4. The van der Waals surface area contributed by atoms with E-state index >= 15 is 0 Å². The van der Waals surface area contributed by atoms with E-state index in [9.17, 15) is 5.11 Å². The van der Waals surface area contributed by atoms with Crippen LogP contribution in [0.5, 0.6) is 11.5 Å². The lowest BCUT2D eigenvalue weighted by Crippen LogP contribution is -2.21. The number of aliphatic hydroxyl groups is 1. The summed E-state index contributed by atoms with van der Waals surface area (Å²) < 4.78 is 11.7. The van der Waals surface area contributed by atoms with Gasteiger partial charge < -0.3 is 19.9 Å². The van der Waals surface area contributed by atoms with Crippen molar-refractivity contribution in [2.75, 3.05) is 13.2 Å². The summed E-state index contributed by atoms with van der Waals surface area (Å²) >= 11 is 12.2. The first-order valence-corrected chi connectivity index (χ1v) is 10.6. The van der Waals surface area contributed by atoms with Crippen LogP contribution in [0.2, 0.25) is 10.0 Å². The molecule has 2 N–H and O–H groups in total. The summed E-state index contributed by atoms with van der Waals surface area (Å²) in [4.78, 5) is 0. The van der Waals surface area contributed by atoms with Gasteiger partial charge in [-0.05, 0) is 42.3 Å². The van der Waals surface area contributed by atoms with Crippen molar-refractivity contribution in [2.45, 2.75) is 26.2 Å². The molecule has 3 rings (SSSR count). The molecule has 6 heteroatoms. The summed E-state index contributed by atoms with van der Waals surface area (Å²) in [5.74, 6) is 1.32. The van der Waals surface area contributed by atoms with Crippen LogP contribution in [0, 0.1) is 0 Å². The number of rotatable bonds is 10. The lowest BCUT2D eigenvalue weighted by molar-refractivity contribution is 0.174. The fourth-order valence-corrected chi connectivity index (χ4v) is 3.45. The zero-order valence-electron chi connectivity index (χ0n) is 16.8. The van der Waals surface area contributed by atoms with Crippen LogP contribution in [0.25, 0.3) is 0 Å². The Balaban J connectivity index is 1.60. The summed E-state index contributed by atoms with van der Waals surface area (Å²) in [5.41, 5.74) is 2.78. The Morgan fingerprint density at radius 1 is 0.933 bits per heavy atom. The van der Waals surface area contributed by atoms with Crippen LogP contribution in [-0.2, 0) is 13.2 Å². The first-order chi connectivity index (χ1) is 14.6. The average Bonchev–Trinajstić information content (AvgIpc) is 2.75. The SMILES string of the molecule is CCOc1cc(CNCC(O)c2ccccc2)ccc1OCc1ccc(Cl)cc1Cl. The van der Waals surface area contributed by atoms with E-state index < -0.39 is 6.10 Å². The van der Waals surface area contributed by atoms with Crippen molar-refractivity contribution in [3.8, 4) is 11.5 Å². The van der Waals surface area contributed by atoms with Crippen molar-refractivity contribution in [1.29, 1.82) is 0 Å². The van der Waals surface area contributed by atoms with E-state index in [4.69, 9.17) is 32.7 Å². The van der Waals surface area contributed by atoms with Gasteiger partial charge in [-0.3, -0.25) is 0 Å². The Kier molecular flexibility index (Phi) is 8.40. The molecule has 0 radical (unpaired) electrons. The van der Waals surface area contributed by atoms with Gasteiger partial charge in [0.2, 0.25) is 0 Å². The van der Waals surface area contributed by atoms with Crippen molar-refractivity contribution in [3.05, 3.63) is 93.5 Å². The topological polar surface area (TPSA) is 50.7 Å². The standard InChI is InChI=1S/C24H25Cl2NO3/c1-2-29-24-12-17(14-27-15-22(28)18-6-4-3-5-7-18)8-11-23(24)30-16-19-9-10-20(25)13-21(19)26/h3-13,22,27-28H,2,14-16H2,1H3. The Morgan fingerprint density at radius 3 is 2.47 bits per heavy atom. The smallest absolute Gasteiger partial charge is 0.161 e. The highest BCUT2D eigenvalue weighted by molar-refractivity contribution is 6.35. The van der Waals surface area contributed by atoms with Gasteiger partial charge >= 0.3 is 0 Å². The van der Waals surface area contributed by atoms with Crippen molar-refractivity contribution < 1.29 is 14.6 Å². The third-order valence-electron chi connectivity index (χ3n) is 4.56. The zero-order valence-corrected chi connectivity index (χ0v) is 18.3. The lowest BCUT2D eigenvalue weighted by atomic mass is 10.1. The molecule has 158 valence electrons. The van der Waals surface area contributed by atoms with E-state index in [-0.39, 0.29) is 0 Å². The van der Waals surface area contributed by atoms with Gasteiger partial charge in [0, 0.05) is 28.7 Å². The minimum absolute atomic E-state index is 0.316. The number of aliphatic hydroxyl groups excluding tert-OH is 1. The molecular weight excluding hydrogens is 421 g/mol. The maximum atomic E-state index is 10.3. The van der Waals surface area contributed by atoms with E-state index in [1.54, 1.807) is 12.1 Å². The molecule has 0 aromatic heterocycles. The van der Waals surface area contributed by atoms with Gasteiger partial charge in [-0.1, -0.05) is 65.7 Å². The minimum atomic E-state index is -0.552. The maximum Gasteiger partial charge on any atom is 0.161 e. The summed E-state index contributed by atoms with van der Waals surface area (Å²) in [6.07, 6.45) is -0.552. The predicted molar refractivity (Wildman–Crippen MR) is 122 cm³/mol. The second-order valence-corrected chi connectivity index (χ2v) is 7.64. The Bertz CT molecular complexity index is 950. The molecule has 0 aliphatic rings. The molecule has 1 atom stereocenters. The first kappa shape index (κ1) is 22.4. The summed E-state index contributed by atoms with van der Waals surface area (Å²) in [6, 6.07) is 20.7. The largest absolute Gasteiger partial charge is 0.490 e. The van der Waals surface area contributed by atoms with E-state index in [0.717, 1.165) is 16.7 Å². The maximum absolute atomic E-state index is 10.3. The second kappa shape index (κ2) is 11.2. The molecule has 0 bridgehead atoms. The van der Waals surface area contributed by atoms with Gasteiger partial charge in [-0.25, -0.2) is 0 Å². The molecule has 0 saturated carbocycles. The molecule has 0 heterocycles. The van der Waals surface area contributed by atoms with Gasteiger partial charge in [-0.2, -0.15) is 0 Å². The number of hydrogen-bond donors (Lipinski definition) is 2. The van der Waals surface area contributed by atoms with Crippen molar-refractivity contribution in [2.24, 2.45) is 0 Å². The quantitative estimate of drug-likeness (QED) is 0.414. The molecule has 1 unspecified atom stereocenters. The summed E-state index contributed by atoms with van der Waals surface area (Å²) in [5, 5.41) is 14.7. The third kappa shape index (κ3) is 6.38. The second-order valence-electron chi connectivity index (χ2n) is 6.80. The van der Waals surface area contributed by atoms with E-state index in [2.05, 4.69) is 5.32 Å². The van der Waals surface area contributed by atoms with Gasteiger partial charge in [0.15, 0.2) is 11.5 Å².